The number of hydrogen-bond donors (Lipinski definition) is 2. The van der Waals surface area contributed by atoms with Crippen molar-refractivity contribution in [3.63, 3.8) is 0 Å². The van der Waals surface area contributed by atoms with E-state index in [2.05, 4.69) is 37.4 Å². The second-order valence-electron chi connectivity index (χ2n) is 16.8. The summed E-state index contributed by atoms with van der Waals surface area (Å²) in [6.45, 7) is 4.59. The highest BCUT2D eigenvalue weighted by atomic mass is 31.2. The third kappa shape index (κ3) is 40.7. The zero-order valence-corrected chi connectivity index (χ0v) is 37.5. The summed E-state index contributed by atoms with van der Waals surface area (Å²) in [5, 5.41) is 13.7. The van der Waals surface area contributed by atoms with E-state index in [-0.39, 0.29) is 18.9 Å². The highest BCUT2D eigenvalue weighted by molar-refractivity contribution is 7.45. The predicted octanol–water partition coefficient (Wildman–Crippen LogP) is 12.1. The van der Waals surface area contributed by atoms with Crippen molar-refractivity contribution in [1.29, 1.82) is 0 Å². The molecule has 324 valence electrons. The Kier molecular flexibility index (Phi) is 37.4. The predicted molar refractivity (Wildman–Crippen MR) is 233 cm³/mol. The number of nitrogens with zero attached hydrogens (tertiary/aromatic N) is 1. The molecule has 8 nitrogen and oxygen atoms in total. The SMILES string of the molecule is CCCCCCCC/C=C\C/C=C\CCC(=O)NC(COP(=O)([O-])OCC[N+](C)(C)C)C(O)/C=C/CCCCCCCCCCCCCCCCCCCC. The Bertz CT molecular complexity index is 995. The molecular weight excluding hydrogens is 707 g/mol. The van der Waals surface area contributed by atoms with Gasteiger partial charge < -0.3 is 28.8 Å². The largest absolute Gasteiger partial charge is 0.756 e. The van der Waals surface area contributed by atoms with Gasteiger partial charge in [-0.3, -0.25) is 9.36 Å². The average molecular weight is 797 g/mol. The summed E-state index contributed by atoms with van der Waals surface area (Å²) in [4.78, 5) is 25.2. The van der Waals surface area contributed by atoms with Crippen LogP contribution in [0.2, 0.25) is 0 Å². The lowest BCUT2D eigenvalue weighted by Gasteiger charge is -2.29. The van der Waals surface area contributed by atoms with E-state index >= 15 is 0 Å². The molecular formula is C46H89N2O6P. The number of aliphatic hydroxyl groups excluding tert-OH is 1. The van der Waals surface area contributed by atoms with E-state index in [4.69, 9.17) is 9.05 Å². The van der Waals surface area contributed by atoms with Crippen molar-refractivity contribution in [2.75, 3.05) is 40.9 Å². The molecule has 0 spiro atoms. The highest BCUT2D eigenvalue weighted by Gasteiger charge is 2.23. The van der Waals surface area contributed by atoms with Crippen LogP contribution in [0, 0.1) is 0 Å². The molecule has 0 rings (SSSR count). The molecule has 0 fully saturated rings. The Balaban J connectivity index is 4.43. The van der Waals surface area contributed by atoms with Gasteiger partial charge in [0.25, 0.3) is 7.82 Å². The standard InChI is InChI=1S/C46H89N2O6P/c1-6-8-10-12-14-16-18-20-21-22-23-24-25-26-28-29-31-33-35-37-39-45(49)44(43-54-55(51,52)53-42-41-48(3,4)5)47-46(50)40-38-36-34-32-30-27-19-17-15-13-11-9-7-2/h27,30,34,36-37,39,44-45,49H,6-26,28-29,31-33,35,38,40-43H2,1-5H3,(H-,47,50,51,52)/b30-27-,36-34-,39-37+. The molecule has 3 unspecified atom stereocenters. The van der Waals surface area contributed by atoms with Gasteiger partial charge in [0, 0.05) is 6.42 Å². The number of rotatable bonds is 41. The molecule has 2 N–H and O–H groups in total. The van der Waals surface area contributed by atoms with Crippen LogP contribution in [0.4, 0.5) is 0 Å². The molecule has 0 aromatic carbocycles. The van der Waals surface area contributed by atoms with Crippen molar-refractivity contribution in [3.05, 3.63) is 36.5 Å². The van der Waals surface area contributed by atoms with Gasteiger partial charge in [-0.1, -0.05) is 192 Å². The van der Waals surface area contributed by atoms with Gasteiger partial charge in [-0.05, 0) is 38.5 Å². The van der Waals surface area contributed by atoms with E-state index in [0.29, 0.717) is 17.4 Å². The summed E-state index contributed by atoms with van der Waals surface area (Å²) in [6.07, 6.45) is 46.4. The zero-order valence-electron chi connectivity index (χ0n) is 36.6. The second-order valence-corrected chi connectivity index (χ2v) is 18.2. The van der Waals surface area contributed by atoms with Crippen molar-refractivity contribution in [2.24, 2.45) is 0 Å². The van der Waals surface area contributed by atoms with Crippen LogP contribution < -0.4 is 10.2 Å². The van der Waals surface area contributed by atoms with Crippen molar-refractivity contribution in [3.8, 4) is 0 Å². The van der Waals surface area contributed by atoms with Crippen LogP contribution in [0.25, 0.3) is 0 Å². The van der Waals surface area contributed by atoms with Crippen LogP contribution in [-0.4, -0.2) is 68.5 Å². The van der Waals surface area contributed by atoms with Crippen LogP contribution in [0.3, 0.4) is 0 Å². The Labute approximate surface area is 340 Å². The number of likely N-dealkylation sites (N-methyl/N-ethyl adjacent to an activating group) is 1. The first-order valence-electron chi connectivity index (χ1n) is 22.9. The van der Waals surface area contributed by atoms with Gasteiger partial charge >= 0.3 is 0 Å². The number of nitrogens with one attached hydrogen (secondary N) is 1. The number of phosphoric ester groups is 1. The minimum atomic E-state index is -4.60. The lowest BCUT2D eigenvalue weighted by molar-refractivity contribution is -0.870. The number of quaternary nitrogens is 1. The smallest absolute Gasteiger partial charge is 0.268 e. The third-order valence-corrected chi connectivity index (χ3v) is 11.1. The normalized spacial score (nSPS) is 14.7. The molecule has 0 saturated heterocycles. The number of allylic oxidation sites excluding steroid dienone is 5. The summed E-state index contributed by atoms with van der Waals surface area (Å²) in [6, 6.07) is -0.915. The number of amides is 1. The molecule has 0 bridgehead atoms. The molecule has 3 atom stereocenters. The minimum absolute atomic E-state index is 0.0102. The molecule has 0 aliphatic heterocycles. The average Bonchev–Trinajstić information content (AvgIpc) is 3.13. The summed E-state index contributed by atoms with van der Waals surface area (Å²) in [5.74, 6) is -0.264. The molecule has 0 radical (unpaired) electrons. The molecule has 55 heavy (non-hydrogen) atoms. The van der Waals surface area contributed by atoms with Gasteiger partial charge in [0.15, 0.2) is 0 Å². The molecule has 0 aliphatic carbocycles. The summed E-state index contributed by atoms with van der Waals surface area (Å²) >= 11 is 0. The minimum Gasteiger partial charge on any atom is -0.756 e. The van der Waals surface area contributed by atoms with E-state index in [1.165, 1.54) is 141 Å². The highest BCUT2D eigenvalue weighted by Crippen LogP contribution is 2.38. The first kappa shape index (κ1) is 53.7. The topological polar surface area (TPSA) is 108 Å². The number of unbranched alkanes of at least 4 members (excludes halogenated alkanes) is 24. The summed E-state index contributed by atoms with van der Waals surface area (Å²) < 4.78 is 23.2. The van der Waals surface area contributed by atoms with Crippen LogP contribution in [-0.2, 0) is 18.4 Å². The molecule has 0 saturated carbocycles. The quantitative estimate of drug-likeness (QED) is 0.0276. The van der Waals surface area contributed by atoms with E-state index in [0.717, 1.165) is 32.1 Å². The maximum absolute atomic E-state index is 12.8. The van der Waals surface area contributed by atoms with Crippen molar-refractivity contribution < 1.29 is 32.9 Å². The van der Waals surface area contributed by atoms with E-state index in [1.54, 1.807) is 6.08 Å². The summed E-state index contributed by atoms with van der Waals surface area (Å²) in [5.41, 5.74) is 0. The molecule has 0 aliphatic rings. The first-order valence-corrected chi connectivity index (χ1v) is 24.3. The second kappa shape index (κ2) is 38.2. The van der Waals surface area contributed by atoms with Crippen LogP contribution in [0.5, 0.6) is 0 Å². The number of hydrogen-bond acceptors (Lipinski definition) is 6. The van der Waals surface area contributed by atoms with Gasteiger partial charge in [-0.15, -0.1) is 0 Å². The summed E-state index contributed by atoms with van der Waals surface area (Å²) in [7, 11) is 1.23. The Morgan fingerprint density at radius 1 is 0.636 bits per heavy atom. The number of carbonyl (C=O) groups excluding carboxylic acids is 1. The number of phosphoric acid groups is 1. The Morgan fingerprint density at radius 3 is 1.51 bits per heavy atom. The molecule has 0 aromatic heterocycles. The molecule has 0 aromatic rings. The van der Waals surface area contributed by atoms with Crippen molar-refractivity contribution in [1.82, 2.24) is 5.32 Å². The Morgan fingerprint density at radius 2 is 1.05 bits per heavy atom. The molecule has 9 heteroatoms. The maximum atomic E-state index is 12.8. The third-order valence-electron chi connectivity index (χ3n) is 10.1. The van der Waals surface area contributed by atoms with E-state index < -0.39 is 26.6 Å². The monoisotopic (exact) mass is 797 g/mol. The van der Waals surface area contributed by atoms with Gasteiger partial charge in [0.2, 0.25) is 5.91 Å². The van der Waals surface area contributed by atoms with E-state index in [1.807, 2.05) is 33.3 Å². The number of aliphatic hydroxyl groups is 1. The van der Waals surface area contributed by atoms with Gasteiger partial charge in [0.1, 0.15) is 13.2 Å². The number of carbonyl (C=O) groups is 1. The first-order chi connectivity index (χ1) is 26.5. The van der Waals surface area contributed by atoms with Crippen LogP contribution >= 0.6 is 7.82 Å². The lowest BCUT2D eigenvalue weighted by atomic mass is 10.0. The fraction of sp³-hybridized carbons (Fsp3) is 0.848. The van der Waals surface area contributed by atoms with Crippen LogP contribution in [0.15, 0.2) is 36.5 Å². The van der Waals surface area contributed by atoms with E-state index in [9.17, 15) is 19.4 Å². The fourth-order valence-corrected chi connectivity index (χ4v) is 7.16. The van der Waals surface area contributed by atoms with Gasteiger partial charge in [0.05, 0.1) is 39.9 Å². The zero-order chi connectivity index (χ0) is 40.7. The van der Waals surface area contributed by atoms with Crippen molar-refractivity contribution in [2.45, 2.75) is 212 Å². The Hall–Kier alpha value is -1.28. The van der Waals surface area contributed by atoms with Crippen molar-refractivity contribution >= 4 is 13.7 Å². The maximum Gasteiger partial charge on any atom is 0.268 e. The molecule has 0 heterocycles. The fourth-order valence-electron chi connectivity index (χ4n) is 6.44. The lowest BCUT2D eigenvalue weighted by Crippen LogP contribution is -2.45. The van der Waals surface area contributed by atoms with Gasteiger partial charge in [-0.2, -0.15) is 0 Å². The van der Waals surface area contributed by atoms with Gasteiger partial charge in [-0.25, -0.2) is 0 Å². The van der Waals surface area contributed by atoms with Crippen LogP contribution in [0.1, 0.15) is 200 Å². The molecule has 1 amide bonds.